The van der Waals surface area contributed by atoms with Crippen LogP contribution in [-0.4, -0.2) is 153 Å². The predicted octanol–water partition coefficient (Wildman–Crippen LogP) is -5.80. The molecule has 0 unspecified atom stereocenters. The van der Waals surface area contributed by atoms with Crippen molar-refractivity contribution in [3.05, 3.63) is 0 Å². The zero-order valence-corrected chi connectivity index (χ0v) is 16.7. The molecule has 2 saturated heterocycles. The van der Waals surface area contributed by atoms with Crippen LogP contribution in [0.5, 0.6) is 0 Å². The van der Waals surface area contributed by atoms with E-state index < -0.39 is 61.4 Å². The van der Waals surface area contributed by atoms with Crippen molar-refractivity contribution in [2.45, 2.75) is 48.7 Å². The maximum absolute atomic E-state index is 12.0. The molecule has 0 radical (unpaired) electrons. The Hall–Kier alpha value is -1.13. The summed E-state index contributed by atoms with van der Waals surface area (Å²) < 4.78 is 5.12. The minimum absolute atomic E-state index is 0.0166. The van der Waals surface area contributed by atoms with Crippen LogP contribution in [-0.2, 0) is 4.74 Å². The van der Waals surface area contributed by atoms with E-state index in [0.29, 0.717) is 6.54 Å². The van der Waals surface area contributed by atoms with Crippen LogP contribution < -0.4 is 11.1 Å². The number of likely N-dealkylation sites (tertiary alicyclic amines) is 2. The van der Waals surface area contributed by atoms with E-state index in [1.807, 2.05) is 0 Å². The molecule has 2 aliphatic rings. The number of nitrogens with zero attached hydrogens (tertiary/aromatic N) is 2. The Labute approximate surface area is 174 Å². The number of aliphatic hydroxyl groups is 7. The van der Waals surface area contributed by atoms with Gasteiger partial charge in [-0.3, -0.25) is 9.80 Å². The van der Waals surface area contributed by atoms with Gasteiger partial charge in [-0.1, -0.05) is 0 Å². The first-order chi connectivity index (χ1) is 14.2. The summed E-state index contributed by atoms with van der Waals surface area (Å²) in [6.07, 6.45) is -8.46. The van der Waals surface area contributed by atoms with Crippen LogP contribution in [0.4, 0.5) is 4.79 Å². The van der Waals surface area contributed by atoms with Gasteiger partial charge in [-0.25, -0.2) is 4.79 Å². The number of aliphatic hydroxyl groups excluding tert-OH is 7. The Balaban J connectivity index is 1.80. The Morgan fingerprint density at radius 1 is 0.900 bits per heavy atom. The number of β-amino-alcohol motifs (C(OH)–C–C–N with tert-alkyl or cyclic N) is 2. The highest BCUT2D eigenvalue weighted by Gasteiger charge is 2.42. The van der Waals surface area contributed by atoms with Crippen molar-refractivity contribution in [2.24, 2.45) is 5.73 Å². The fourth-order valence-electron chi connectivity index (χ4n) is 3.93. The number of rotatable bonds is 8. The number of hydrogen-bond acceptors (Lipinski definition) is 12. The molecular weight excluding hydrogens is 404 g/mol. The molecule has 176 valence electrons. The second kappa shape index (κ2) is 11.5. The molecule has 0 aliphatic carbocycles. The molecule has 0 saturated carbocycles. The molecule has 0 spiro atoms. The van der Waals surface area contributed by atoms with Gasteiger partial charge in [0, 0.05) is 39.3 Å². The lowest BCUT2D eigenvalue weighted by Gasteiger charge is -2.43. The SMILES string of the molecule is NCCN1C[C@H](O)[C@@H](O)[C@H](O)[C@@H]1COC(=O)NCCN1C[C@H](O)[C@@H](O)[C@H](O)[C@@H]1CO. The molecular formula is C17H34N4O9. The molecule has 13 heteroatoms. The van der Waals surface area contributed by atoms with Gasteiger partial charge in [0.2, 0.25) is 0 Å². The Morgan fingerprint density at radius 2 is 1.43 bits per heavy atom. The van der Waals surface area contributed by atoms with Gasteiger partial charge in [-0.15, -0.1) is 0 Å². The van der Waals surface area contributed by atoms with Crippen molar-refractivity contribution in [2.75, 3.05) is 52.5 Å². The summed E-state index contributed by atoms with van der Waals surface area (Å²) in [7, 11) is 0. The lowest BCUT2D eigenvalue weighted by Crippen LogP contribution is -2.63. The average molecular weight is 438 g/mol. The molecule has 1 amide bonds. The van der Waals surface area contributed by atoms with E-state index >= 15 is 0 Å². The average Bonchev–Trinajstić information content (AvgIpc) is 2.70. The van der Waals surface area contributed by atoms with Crippen molar-refractivity contribution in [1.82, 2.24) is 15.1 Å². The molecule has 2 rings (SSSR count). The fourth-order valence-corrected chi connectivity index (χ4v) is 3.93. The Morgan fingerprint density at radius 3 is 1.97 bits per heavy atom. The number of alkyl carbamates (subject to hydrolysis) is 1. The summed E-state index contributed by atoms with van der Waals surface area (Å²) in [6, 6.07) is -1.51. The zero-order valence-electron chi connectivity index (χ0n) is 16.7. The number of amides is 1. The maximum atomic E-state index is 12.0. The van der Waals surface area contributed by atoms with E-state index in [9.17, 15) is 40.5 Å². The number of hydrogen-bond donors (Lipinski definition) is 9. The molecule has 0 aromatic heterocycles. The van der Waals surface area contributed by atoms with Gasteiger partial charge in [-0.05, 0) is 0 Å². The van der Waals surface area contributed by atoms with Crippen LogP contribution in [0.2, 0.25) is 0 Å². The van der Waals surface area contributed by atoms with E-state index in [1.54, 1.807) is 9.80 Å². The van der Waals surface area contributed by atoms with Crippen LogP contribution in [0.3, 0.4) is 0 Å². The van der Waals surface area contributed by atoms with E-state index in [2.05, 4.69) is 5.32 Å². The Bertz CT molecular complexity index is 545. The summed E-state index contributed by atoms with van der Waals surface area (Å²) in [4.78, 5) is 15.2. The van der Waals surface area contributed by atoms with Crippen LogP contribution in [0, 0.1) is 0 Å². The first-order valence-electron chi connectivity index (χ1n) is 9.99. The smallest absolute Gasteiger partial charge is 0.407 e. The maximum Gasteiger partial charge on any atom is 0.407 e. The van der Waals surface area contributed by atoms with Crippen LogP contribution >= 0.6 is 0 Å². The van der Waals surface area contributed by atoms with Crippen molar-refractivity contribution >= 4 is 6.09 Å². The second-order valence-corrected chi connectivity index (χ2v) is 7.72. The summed E-state index contributed by atoms with van der Waals surface area (Å²) in [5.74, 6) is 0. The van der Waals surface area contributed by atoms with E-state index in [1.165, 1.54) is 0 Å². The number of carbonyl (C=O) groups excluding carboxylic acids is 1. The van der Waals surface area contributed by atoms with Crippen LogP contribution in [0.1, 0.15) is 0 Å². The standard InChI is InChI=1S/C17H34N4O9/c18-1-3-20-5-11(23)16(28)14(26)10(20)8-30-17(29)19-2-4-21-6-12(24)15(27)13(25)9(21)7-22/h9-16,22-28H,1-8,18H2,(H,19,29)/t9-,10-,11-,12-,13+,14+,15+,16+/m0/s1. The van der Waals surface area contributed by atoms with Crippen molar-refractivity contribution in [3.8, 4) is 0 Å². The summed E-state index contributed by atoms with van der Waals surface area (Å²) >= 11 is 0. The molecule has 2 fully saturated rings. The molecule has 0 aromatic carbocycles. The first kappa shape index (κ1) is 25.1. The lowest BCUT2D eigenvalue weighted by molar-refractivity contribution is -0.145. The Kier molecular flexibility index (Phi) is 9.62. The molecule has 0 aromatic rings. The van der Waals surface area contributed by atoms with Gasteiger partial charge in [0.25, 0.3) is 0 Å². The van der Waals surface area contributed by atoms with Crippen LogP contribution in [0.25, 0.3) is 0 Å². The third-order valence-electron chi connectivity index (χ3n) is 5.71. The molecule has 2 aliphatic heterocycles. The van der Waals surface area contributed by atoms with Crippen molar-refractivity contribution in [3.63, 3.8) is 0 Å². The topological polar surface area (TPSA) is 212 Å². The van der Waals surface area contributed by atoms with Gasteiger partial charge in [-0.2, -0.15) is 0 Å². The van der Waals surface area contributed by atoms with E-state index in [-0.39, 0.29) is 39.3 Å². The van der Waals surface area contributed by atoms with Gasteiger partial charge >= 0.3 is 6.09 Å². The third-order valence-corrected chi connectivity index (χ3v) is 5.71. The summed E-state index contributed by atoms with van der Waals surface area (Å²) in [5.41, 5.74) is 5.53. The van der Waals surface area contributed by atoms with Crippen LogP contribution in [0.15, 0.2) is 0 Å². The highest BCUT2D eigenvalue weighted by Crippen LogP contribution is 2.20. The van der Waals surface area contributed by atoms with Gasteiger partial charge in [0.05, 0.1) is 30.9 Å². The zero-order chi connectivity index (χ0) is 22.4. The van der Waals surface area contributed by atoms with E-state index in [0.717, 1.165) is 0 Å². The minimum Gasteiger partial charge on any atom is -0.448 e. The summed E-state index contributed by atoms with van der Waals surface area (Å²) in [6.45, 7) is 0.283. The predicted molar refractivity (Wildman–Crippen MR) is 102 cm³/mol. The van der Waals surface area contributed by atoms with Crippen molar-refractivity contribution in [1.29, 1.82) is 0 Å². The quantitative estimate of drug-likeness (QED) is 0.173. The number of carbonyl (C=O) groups is 1. The number of ether oxygens (including phenoxy) is 1. The number of nitrogens with one attached hydrogen (secondary N) is 1. The lowest BCUT2D eigenvalue weighted by atomic mass is 9.94. The highest BCUT2D eigenvalue weighted by molar-refractivity contribution is 5.67. The van der Waals surface area contributed by atoms with E-state index in [4.69, 9.17) is 10.5 Å². The normalized spacial score (nSPS) is 38.4. The second-order valence-electron chi connectivity index (χ2n) is 7.72. The number of nitrogens with two attached hydrogens (primary N) is 1. The third kappa shape index (κ3) is 5.97. The molecule has 30 heavy (non-hydrogen) atoms. The van der Waals surface area contributed by atoms with Gasteiger partial charge in [0.15, 0.2) is 0 Å². The van der Waals surface area contributed by atoms with Crippen molar-refractivity contribution < 1.29 is 45.3 Å². The largest absolute Gasteiger partial charge is 0.448 e. The summed E-state index contributed by atoms with van der Waals surface area (Å²) in [5, 5.41) is 71.2. The molecule has 2 heterocycles. The fraction of sp³-hybridized carbons (Fsp3) is 0.941. The minimum atomic E-state index is -1.36. The molecule has 0 bridgehead atoms. The number of piperidine rings is 2. The highest BCUT2D eigenvalue weighted by atomic mass is 16.5. The first-order valence-corrected chi connectivity index (χ1v) is 9.99. The molecule has 13 nitrogen and oxygen atoms in total. The van der Waals surface area contributed by atoms with Gasteiger partial charge < -0.3 is 51.5 Å². The van der Waals surface area contributed by atoms with Gasteiger partial charge in [0.1, 0.15) is 31.0 Å². The molecule has 10 N–H and O–H groups in total. The molecule has 8 atom stereocenters. The monoisotopic (exact) mass is 438 g/mol.